The molecule has 1 saturated heterocycles. The third kappa shape index (κ3) is 2.75. The van der Waals surface area contributed by atoms with Gasteiger partial charge < -0.3 is 29.9 Å². The molecule has 0 radical (unpaired) electrons. The van der Waals surface area contributed by atoms with Crippen molar-refractivity contribution in [3.05, 3.63) is 12.7 Å². The number of aliphatic hydroxyl groups excluding tert-OH is 4. The van der Waals surface area contributed by atoms with Gasteiger partial charge >= 0.3 is 0 Å². The van der Waals surface area contributed by atoms with Gasteiger partial charge in [-0.05, 0) is 0 Å². The average Bonchev–Trinajstić information content (AvgIpc) is 2.25. The van der Waals surface area contributed by atoms with Crippen molar-refractivity contribution in [3.8, 4) is 0 Å². The molecule has 5 atom stereocenters. The molecule has 0 aromatic heterocycles. The summed E-state index contributed by atoms with van der Waals surface area (Å²) in [5, 5.41) is 37.1. The SMILES string of the molecule is C=CCO[C@H]1OC(CO)[C@H](O)[C@@H](O)C1O. The molecule has 0 aliphatic carbocycles. The van der Waals surface area contributed by atoms with E-state index in [1.54, 1.807) is 0 Å². The topological polar surface area (TPSA) is 99.4 Å². The van der Waals surface area contributed by atoms with Crippen molar-refractivity contribution in [3.63, 3.8) is 0 Å². The third-order valence-corrected chi connectivity index (χ3v) is 2.23. The molecule has 2 unspecified atom stereocenters. The average molecular weight is 220 g/mol. The number of hydrogen-bond acceptors (Lipinski definition) is 6. The minimum Gasteiger partial charge on any atom is -0.394 e. The Morgan fingerprint density at radius 1 is 1.20 bits per heavy atom. The van der Waals surface area contributed by atoms with Crippen LogP contribution in [0.15, 0.2) is 12.7 Å². The molecule has 1 heterocycles. The number of ether oxygens (including phenoxy) is 2. The lowest BCUT2D eigenvalue weighted by atomic mass is 9.99. The second-order valence-corrected chi connectivity index (χ2v) is 3.32. The Morgan fingerprint density at radius 2 is 1.87 bits per heavy atom. The van der Waals surface area contributed by atoms with Crippen LogP contribution in [0.25, 0.3) is 0 Å². The number of rotatable bonds is 4. The molecule has 0 saturated carbocycles. The molecule has 1 aliphatic rings. The molecule has 1 aliphatic heterocycles. The zero-order valence-electron chi connectivity index (χ0n) is 8.19. The largest absolute Gasteiger partial charge is 0.394 e. The van der Waals surface area contributed by atoms with Crippen LogP contribution in [0.4, 0.5) is 0 Å². The highest BCUT2D eigenvalue weighted by Gasteiger charge is 2.43. The van der Waals surface area contributed by atoms with Gasteiger partial charge in [-0.3, -0.25) is 0 Å². The van der Waals surface area contributed by atoms with Crippen LogP contribution in [0.1, 0.15) is 0 Å². The fourth-order valence-corrected chi connectivity index (χ4v) is 1.37. The van der Waals surface area contributed by atoms with Crippen LogP contribution in [-0.2, 0) is 9.47 Å². The summed E-state index contributed by atoms with van der Waals surface area (Å²) in [6, 6.07) is 0. The van der Waals surface area contributed by atoms with Crippen molar-refractivity contribution < 1.29 is 29.9 Å². The summed E-state index contributed by atoms with van der Waals surface area (Å²) >= 11 is 0. The monoisotopic (exact) mass is 220 g/mol. The van der Waals surface area contributed by atoms with Crippen LogP contribution in [0.2, 0.25) is 0 Å². The standard InChI is InChI=1S/C9H16O6/c1-2-3-14-9-8(13)7(12)6(11)5(4-10)15-9/h2,5-13H,1,3-4H2/t5?,6-,7+,8?,9-/m0/s1. The molecule has 1 rings (SSSR count). The van der Waals surface area contributed by atoms with E-state index in [9.17, 15) is 15.3 Å². The molecular formula is C9H16O6. The Balaban J connectivity index is 2.60. The maximum atomic E-state index is 9.47. The summed E-state index contributed by atoms with van der Waals surface area (Å²) in [4.78, 5) is 0. The molecule has 0 aromatic carbocycles. The van der Waals surface area contributed by atoms with E-state index in [-0.39, 0.29) is 6.61 Å². The lowest BCUT2D eigenvalue weighted by Gasteiger charge is -2.39. The molecule has 4 N–H and O–H groups in total. The van der Waals surface area contributed by atoms with E-state index >= 15 is 0 Å². The number of aliphatic hydroxyl groups is 4. The fraction of sp³-hybridized carbons (Fsp3) is 0.778. The van der Waals surface area contributed by atoms with Gasteiger partial charge in [0.2, 0.25) is 0 Å². The Hall–Kier alpha value is -0.500. The van der Waals surface area contributed by atoms with Crippen LogP contribution in [0, 0.1) is 0 Å². The highest BCUT2D eigenvalue weighted by atomic mass is 16.7. The molecule has 0 amide bonds. The summed E-state index contributed by atoms with van der Waals surface area (Å²) in [5.41, 5.74) is 0. The highest BCUT2D eigenvalue weighted by Crippen LogP contribution is 2.21. The summed E-state index contributed by atoms with van der Waals surface area (Å²) in [6.07, 6.45) is -4.64. The van der Waals surface area contributed by atoms with Gasteiger partial charge in [-0.15, -0.1) is 6.58 Å². The van der Waals surface area contributed by atoms with Crippen LogP contribution < -0.4 is 0 Å². The summed E-state index contributed by atoms with van der Waals surface area (Å²) in [6.45, 7) is 3.10. The van der Waals surface area contributed by atoms with Crippen molar-refractivity contribution in [1.82, 2.24) is 0 Å². The first-order valence-electron chi connectivity index (χ1n) is 4.64. The smallest absolute Gasteiger partial charge is 0.187 e. The molecule has 0 bridgehead atoms. The minimum atomic E-state index is -1.40. The van der Waals surface area contributed by atoms with Gasteiger partial charge in [0.1, 0.15) is 24.4 Å². The molecule has 88 valence electrons. The van der Waals surface area contributed by atoms with Crippen LogP contribution in [0.3, 0.4) is 0 Å². The van der Waals surface area contributed by atoms with Gasteiger partial charge in [-0.2, -0.15) is 0 Å². The maximum Gasteiger partial charge on any atom is 0.187 e. The number of hydrogen-bond donors (Lipinski definition) is 4. The van der Waals surface area contributed by atoms with Crippen LogP contribution in [0.5, 0.6) is 0 Å². The van der Waals surface area contributed by atoms with Gasteiger partial charge in [-0.25, -0.2) is 0 Å². The fourth-order valence-electron chi connectivity index (χ4n) is 1.37. The molecule has 6 nitrogen and oxygen atoms in total. The second-order valence-electron chi connectivity index (χ2n) is 3.32. The van der Waals surface area contributed by atoms with Gasteiger partial charge in [0.25, 0.3) is 0 Å². The Bertz CT molecular complexity index is 207. The van der Waals surface area contributed by atoms with Crippen molar-refractivity contribution >= 4 is 0 Å². The zero-order chi connectivity index (χ0) is 11.4. The Labute approximate surface area is 87.4 Å². The van der Waals surface area contributed by atoms with E-state index in [4.69, 9.17) is 14.6 Å². The van der Waals surface area contributed by atoms with E-state index in [0.29, 0.717) is 0 Å². The molecule has 0 spiro atoms. The molecule has 0 aromatic rings. The first kappa shape index (κ1) is 12.6. The molecule has 15 heavy (non-hydrogen) atoms. The predicted molar refractivity (Wildman–Crippen MR) is 49.9 cm³/mol. The maximum absolute atomic E-state index is 9.47. The summed E-state index contributed by atoms with van der Waals surface area (Å²) in [7, 11) is 0. The van der Waals surface area contributed by atoms with E-state index in [0.717, 1.165) is 0 Å². The summed E-state index contributed by atoms with van der Waals surface area (Å²) in [5.74, 6) is 0. The summed E-state index contributed by atoms with van der Waals surface area (Å²) < 4.78 is 10.1. The Kier molecular flexibility index (Phi) is 4.65. The van der Waals surface area contributed by atoms with Gasteiger partial charge in [0, 0.05) is 0 Å². The minimum absolute atomic E-state index is 0.142. The lowest BCUT2D eigenvalue weighted by molar-refractivity contribution is -0.298. The van der Waals surface area contributed by atoms with Crippen molar-refractivity contribution in [2.24, 2.45) is 0 Å². The van der Waals surface area contributed by atoms with Crippen LogP contribution in [-0.4, -0.2) is 64.3 Å². The highest BCUT2D eigenvalue weighted by molar-refractivity contribution is 4.89. The van der Waals surface area contributed by atoms with Crippen molar-refractivity contribution in [1.29, 1.82) is 0 Å². The molecule has 1 fully saturated rings. The van der Waals surface area contributed by atoms with Crippen LogP contribution >= 0.6 is 0 Å². The first-order chi connectivity index (χ1) is 7.11. The Morgan fingerprint density at radius 3 is 2.40 bits per heavy atom. The van der Waals surface area contributed by atoms with E-state index in [2.05, 4.69) is 6.58 Å². The van der Waals surface area contributed by atoms with Gasteiger partial charge in [0.05, 0.1) is 13.2 Å². The van der Waals surface area contributed by atoms with Crippen molar-refractivity contribution in [2.75, 3.05) is 13.2 Å². The van der Waals surface area contributed by atoms with Gasteiger partial charge in [-0.1, -0.05) is 6.08 Å². The van der Waals surface area contributed by atoms with E-state index < -0.39 is 37.3 Å². The molecular weight excluding hydrogens is 204 g/mol. The van der Waals surface area contributed by atoms with E-state index in [1.165, 1.54) is 6.08 Å². The zero-order valence-corrected chi connectivity index (χ0v) is 8.19. The quantitative estimate of drug-likeness (QED) is 0.408. The third-order valence-electron chi connectivity index (χ3n) is 2.23. The van der Waals surface area contributed by atoms with E-state index in [1.807, 2.05) is 0 Å². The first-order valence-corrected chi connectivity index (χ1v) is 4.64. The second kappa shape index (κ2) is 5.55. The normalized spacial score (nSPS) is 41.5. The predicted octanol–water partition coefficient (Wildman–Crippen LogP) is -2.01. The van der Waals surface area contributed by atoms with Crippen molar-refractivity contribution in [2.45, 2.75) is 30.7 Å². The lowest BCUT2D eigenvalue weighted by Crippen LogP contribution is -2.59. The van der Waals surface area contributed by atoms with Gasteiger partial charge in [0.15, 0.2) is 6.29 Å². The molecule has 6 heteroatoms.